The van der Waals surface area contributed by atoms with Crippen LogP contribution in [0.1, 0.15) is 30.1 Å². The molecule has 1 fully saturated rings. The van der Waals surface area contributed by atoms with Gasteiger partial charge in [0.25, 0.3) is 5.91 Å². The summed E-state index contributed by atoms with van der Waals surface area (Å²) < 4.78 is 10.4. The van der Waals surface area contributed by atoms with Crippen molar-refractivity contribution in [3.8, 4) is 11.5 Å². The van der Waals surface area contributed by atoms with Gasteiger partial charge in [-0.05, 0) is 38.1 Å². The van der Waals surface area contributed by atoms with E-state index in [-0.39, 0.29) is 5.91 Å². The Hall–Kier alpha value is -1.75. The van der Waals surface area contributed by atoms with Gasteiger partial charge in [0.2, 0.25) is 0 Å². The van der Waals surface area contributed by atoms with Crippen molar-refractivity contribution in [2.75, 3.05) is 33.9 Å². The minimum Gasteiger partial charge on any atom is -0.497 e. The Morgan fingerprint density at radius 1 is 1.29 bits per heavy atom. The molecule has 1 aliphatic heterocycles. The Morgan fingerprint density at radius 3 is 2.52 bits per heavy atom. The van der Waals surface area contributed by atoms with Gasteiger partial charge in [-0.2, -0.15) is 0 Å². The second kappa shape index (κ2) is 7.31. The second-order valence-electron chi connectivity index (χ2n) is 5.24. The highest BCUT2D eigenvalue weighted by Crippen LogP contribution is 2.22. The van der Waals surface area contributed by atoms with Crippen molar-refractivity contribution in [2.45, 2.75) is 25.8 Å². The van der Waals surface area contributed by atoms with Gasteiger partial charge in [-0.15, -0.1) is 0 Å². The van der Waals surface area contributed by atoms with Gasteiger partial charge < -0.3 is 14.8 Å². The molecule has 1 heterocycles. The number of methoxy groups -OCH3 is 2. The fourth-order valence-corrected chi connectivity index (χ4v) is 2.79. The van der Waals surface area contributed by atoms with Crippen molar-refractivity contribution >= 4 is 5.91 Å². The fraction of sp³-hybridized carbons (Fsp3) is 0.562. The summed E-state index contributed by atoms with van der Waals surface area (Å²) in [4.78, 5) is 14.7. The van der Waals surface area contributed by atoms with Crippen LogP contribution in [-0.2, 0) is 0 Å². The zero-order valence-corrected chi connectivity index (χ0v) is 13.0. The molecule has 0 radical (unpaired) electrons. The van der Waals surface area contributed by atoms with Gasteiger partial charge in [-0.25, -0.2) is 0 Å². The van der Waals surface area contributed by atoms with Gasteiger partial charge in [0.05, 0.1) is 14.2 Å². The summed E-state index contributed by atoms with van der Waals surface area (Å²) >= 11 is 0. The molecule has 1 aromatic carbocycles. The first-order valence-corrected chi connectivity index (χ1v) is 7.43. The Bertz CT molecular complexity index is 468. The lowest BCUT2D eigenvalue weighted by Crippen LogP contribution is -2.40. The normalized spacial score (nSPS) is 18.5. The number of nitrogens with zero attached hydrogens (tertiary/aromatic N) is 1. The average molecular weight is 292 g/mol. The van der Waals surface area contributed by atoms with Crippen LogP contribution in [-0.4, -0.2) is 50.7 Å². The molecule has 2 rings (SSSR count). The molecule has 5 nitrogen and oxygen atoms in total. The van der Waals surface area contributed by atoms with Gasteiger partial charge in [-0.3, -0.25) is 9.69 Å². The number of amides is 1. The van der Waals surface area contributed by atoms with Crippen LogP contribution in [0.3, 0.4) is 0 Å². The Kier molecular flexibility index (Phi) is 5.44. The topological polar surface area (TPSA) is 50.8 Å². The zero-order chi connectivity index (χ0) is 15.2. The maximum atomic E-state index is 12.3. The Labute approximate surface area is 126 Å². The first-order valence-electron chi connectivity index (χ1n) is 7.43. The number of carbonyl (C=O) groups excluding carboxylic acids is 1. The number of hydrogen-bond donors (Lipinski definition) is 1. The van der Waals surface area contributed by atoms with Crippen molar-refractivity contribution < 1.29 is 14.3 Å². The molecule has 1 aliphatic rings. The minimum absolute atomic E-state index is 0.0878. The molecule has 1 N–H and O–H groups in total. The Balaban J connectivity index is 1.99. The van der Waals surface area contributed by atoms with Crippen LogP contribution in [0.5, 0.6) is 11.5 Å². The third kappa shape index (κ3) is 3.88. The van der Waals surface area contributed by atoms with E-state index < -0.39 is 0 Å². The van der Waals surface area contributed by atoms with Crippen LogP contribution in [0.4, 0.5) is 0 Å². The van der Waals surface area contributed by atoms with Crippen molar-refractivity contribution in [1.82, 2.24) is 10.2 Å². The van der Waals surface area contributed by atoms with E-state index in [1.165, 1.54) is 6.42 Å². The number of benzene rings is 1. The van der Waals surface area contributed by atoms with E-state index in [1.54, 1.807) is 32.4 Å². The molecule has 1 saturated heterocycles. The highest BCUT2D eigenvalue weighted by molar-refractivity contribution is 5.95. The summed E-state index contributed by atoms with van der Waals surface area (Å²) in [5.74, 6) is 1.15. The summed E-state index contributed by atoms with van der Waals surface area (Å²) in [6.07, 6.45) is 2.36. The summed E-state index contributed by atoms with van der Waals surface area (Å²) in [5, 5.41) is 3.02. The van der Waals surface area contributed by atoms with Gasteiger partial charge in [0, 0.05) is 24.2 Å². The lowest BCUT2D eigenvalue weighted by Gasteiger charge is -2.22. The fourth-order valence-electron chi connectivity index (χ4n) is 2.79. The van der Waals surface area contributed by atoms with Gasteiger partial charge >= 0.3 is 0 Å². The SMILES string of the molecule is CCN1CCCC1CNC(=O)c1cc(OC)cc(OC)c1. The van der Waals surface area contributed by atoms with Crippen LogP contribution in [0.2, 0.25) is 0 Å². The Morgan fingerprint density at radius 2 is 1.95 bits per heavy atom. The van der Waals surface area contributed by atoms with E-state index in [4.69, 9.17) is 9.47 Å². The van der Waals surface area contributed by atoms with E-state index in [2.05, 4.69) is 17.1 Å². The molecule has 5 heteroatoms. The zero-order valence-electron chi connectivity index (χ0n) is 13.0. The molecule has 0 bridgehead atoms. The second-order valence-corrected chi connectivity index (χ2v) is 5.24. The van der Waals surface area contributed by atoms with Crippen LogP contribution < -0.4 is 14.8 Å². The van der Waals surface area contributed by atoms with Crippen molar-refractivity contribution in [1.29, 1.82) is 0 Å². The quantitative estimate of drug-likeness (QED) is 0.870. The van der Waals surface area contributed by atoms with Crippen molar-refractivity contribution in [3.63, 3.8) is 0 Å². The molecule has 1 atom stereocenters. The predicted octanol–water partition coefficient (Wildman–Crippen LogP) is 1.92. The number of likely N-dealkylation sites (N-methyl/N-ethyl adjacent to an activating group) is 1. The molecule has 21 heavy (non-hydrogen) atoms. The van der Waals surface area contributed by atoms with E-state index >= 15 is 0 Å². The monoisotopic (exact) mass is 292 g/mol. The van der Waals surface area contributed by atoms with E-state index in [1.807, 2.05) is 0 Å². The van der Waals surface area contributed by atoms with E-state index in [0.717, 1.165) is 19.5 Å². The lowest BCUT2D eigenvalue weighted by atomic mass is 10.1. The van der Waals surface area contributed by atoms with Crippen LogP contribution in [0.25, 0.3) is 0 Å². The van der Waals surface area contributed by atoms with Crippen molar-refractivity contribution in [3.05, 3.63) is 23.8 Å². The first kappa shape index (κ1) is 15.6. The molecule has 1 amide bonds. The molecule has 1 aromatic rings. The smallest absolute Gasteiger partial charge is 0.251 e. The number of ether oxygens (including phenoxy) is 2. The van der Waals surface area contributed by atoms with Gasteiger partial charge in [0.15, 0.2) is 0 Å². The molecule has 116 valence electrons. The maximum absolute atomic E-state index is 12.3. The summed E-state index contributed by atoms with van der Waals surface area (Å²) in [5.41, 5.74) is 0.562. The highest BCUT2D eigenvalue weighted by atomic mass is 16.5. The molecule has 0 saturated carbocycles. The van der Waals surface area contributed by atoms with Crippen LogP contribution >= 0.6 is 0 Å². The number of rotatable bonds is 6. The predicted molar refractivity (Wildman–Crippen MR) is 82.1 cm³/mol. The van der Waals surface area contributed by atoms with Crippen LogP contribution in [0, 0.1) is 0 Å². The highest BCUT2D eigenvalue weighted by Gasteiger charge is 2.23. The number of carbonyl (C=O) groups is 1. The summed E-state index contributed by atoms with van der Waals surface area (Å²) in [6, 6.07) is 5.66. The maximum Gasteiger partial charge on any atom is 0.251 e. The molecule has 1 unspecified atom stereocenters. The molecule has 0 aliphatic carbocycles. The molecule has 0 aromatic heterocycles. The molecular weight excluding hydrogens is 268 g/mol. The van der Waals surface area contributed by atoms with Crippen molar-refractivity contribution in [2.24, 2.45) is 0 Å². The largest absolute Gasteiger partial charge is 0.497 e. The standard InChI is InChI=1S/C16H24N2O3/c1-4-18-7-5-6-13(18)11-17-16(19)12-8-14(20-2)10-15(9-12)21-3/h8-10,13H,4-7,11H2,1-3H3,(H,17,19). The van der Waals surface area contributed by atoms with E-state index in [0.29, 0.717) is 29.6 Å². The number of hydrogen-bond acceptors (Lipinski definition) is 4. The average Bonchev–Trinajstić information content (AvgIpc) is 2.99. The van der Waals surface area contributed by atoms with Crippen LogP contribution in [0.15, 0.2) is 18.2 Å². The van der Waals surface area contributed by atoms with Gasteiger partial charge in [-0.1, -0.05) is 6.92 Å². The third-order valence-corrected chi connectivity index (χ3v) is 4.02. The number of nitrogens with one attached hydrogen (secondary N) is 1. The molecular formula is C16H24N2O3. The third-order valence-electron chi connectivity index (χ3n) is 4.02. The number of likely N-dealkylation sites (tertiary alicyclic amines) is 1. The lowest BCUT2D eigenvalue weighted by molar-refractivity contribution is 0.0940. The summed E-state index contributed by atoms with van der Waals surface area (Å²) in [6.45, 7) is 5.01. The minimum atomic E-state index is -0.0878. The summed E-state index contributed by atoms with van der Waals surface area (Å²) in [7, 11) is 3.15. The van der Waals surface area contributed by atoms with Gasteiger partial charge in [0.1, 0.15) is 11.5 Å². The first-order chi connectivity index (χ1) is 10.2. The van der Waals surface area contributed by atoms with E-state index in [9.17, 15) is 4.79 Å². The molecule has 0 spiro atoms.